The van der Waals surface area contributed by atoms with Gasteiger partial charge in [0, 0.05) is 51.7 Å². The molecule has 0 unspecified atom stereocenters. The zero-order valence-electron chi connectivity index (χ0n) is 17.3. The predicted octanol–water partition coefficient (Wildman–Crippen LogP) is 3.32. The van der Waals surface area contributed by atoms with Crippen LogP contribution in [0.3, 0.4) is 0 Å². The molecule has 2 amide bonds. The van der Waals surface area contributed by atoms with E-state index in [2.05, 4.69) is 39.3 Å². The van der Waals surface area contributed by atoms with E-state index in [-0.39, 0.29) is 6.03 Å². The first-order chi connectivity index (χ1) is 14.2. The number of piperazine rings is 1. The van der Waals surface area contributed by atoms with E-state index >= 15 is 0 Å². The first-order valence-corrected chi connectivity index (χ1v) is 10.7. The van der Waals surface area contributed by atoms with Gasteiger partial charge in [-0.2, -0.15) is 0 Å². The number of carbonyl (C=O) groups is 1. The number of nitrogens with zero attached hydrogens (tertiary/aromatic N) is 4. The molecular formula is C23H31N5O. The van der Waals surface area contributed by atoms with Crippen LogP contribution in [0.2, 0.25) is 0 Å². The van der Waals surface area contributed by atoms with Crippen molar-refractivity contribution in [2.45, 2.75) is 19.3 Å². The highest BCUT2D eigenvalue weighted by atomic mass is 16.2. The predicted molar refractivity (Wildman–Crippen MR) is 117 cm³/mol. The van der Waals surface area contributed by atoms with Crippen molar-refractivity contribution in [2.24, 2.45) is 5.92 Å². The van der Waals surface area contributed by atoms with Crippen molar-refractivity contribution < 1.29 is 4.79 Å². The van der Waals surface area contributed by atoms with Crippen LogP contribution in [0.4, 0.5) is 16.2 Å². The normalized spacial score (nSPS) is 18.7. The molecule has 154 valence electrons. The Balaban J connectivity index is 1.32. The summed E-state index contributed by atoms with van der Waals surface area (Å²) in [4.78, 5) is 23.8. The molecule has 3 heterocycles. The molecule has 2 aliphatic rings. The first-order valence-electron chi connectivity index (χ1n) is 10.7. The number of pyridine rings is 1. The number of piperidine rings is 1. The first kappa shape index (κ1) is 19.7. The molecule has 4 rings (SSSR count). The fraction of sp³-hybridized carbons (Fsp3) is 0.478. The third-order valence-corrected chi connectivity index (χ3v) is 6.14. The smallest absolute Gasteiger partial charge is 0.321 e. The SMILES string of the molecule is CN1CCN(c2ccccc2NC(=O)N2CCC(Cc3cccnc3)CC2)CC1. The van der Waals surface area contributed by atoms with Gasteiger partial charge in [0.15, 0.2) is 0 Å². The van der Waals surface area contributed by atoms with Crippen molar-refractivity contribution in [3.63, 3.8) is 0 Å². The number of rotatable bonds is 4. The van der Waals surface area contributed by atoms with Crippen LogP contribution in [-0.2, 0) is 6.42 Å². The van der Waals surface area contributed by atoms with Crippen molar-refractivity contribution in [1.82, 2.24) is 14.8 Å². The molecule has 29 heavy (non-hydrogen) atoms. The molecular weight excluding hydrogens is 362 g/mol. The standard InChI is InChI=1S/C23H31N5O/c1-26-13-15-27(16-14-26)22-7-3-2-6-21(22)25-23(29)28-11-8-19(9-12-28)17-20-5-4-10-24-18-20/h2-7,10,18-19H,8-9,11-17H2,1H3,(H,25,29). The van der Waals surface area contributed by atoms with Crippen molar-refractivity contribution in [1.29, 1.82) is 0 Å². The minimum atomic E-state index is 0.0198. The summed E-state index contributed by atoms with van der Waals surface area (Å²) in [6, 6.07) is 12.3. The van der Waals surface area contributed by atoms with Gasteiger partial charge in [0.2, 0.25) is 0 Å². The molecule has 2 aliphatic heterocycles. The molecule has 1 aromatic carbocycles. The topological polar surface area (TPSA) is 51.7 Å². The Morgan fingerprint density at radius 2 is 1.79 bits per heavy atom. The Hall–Kier alpha value is -2.60. The molecule has 2 saturated heterocycles. The Bertz CT molecular complexity index is 796. The van der Waals surface area contributed by atoms with Gasteiger partial charge in [0.25, 0.3) is 0 Å². The summed E-state index contributed by atoms with van der Waals surface area (Å²) in [5, 5.41) is 3.18. The number of likely N-dealkylation sites (tertiary alicyclic amines) is 1. The number of likely N-dealkylation sites (N-methyl/N-ethyl adjacent to an activating group) is 1. The Kier molecular flexibility index (Phi) is 6.30. The van der Waals surface area contributed by atoms with Gasteiger partial charge in [-0.1, -0.05) is 18.2 Å². The van der Waals surface area contributed by atoms with Gasteiger partial charge >= 0.3 is 6.03 Å². The lowest BCUT2D eigenvalue weighted by molar-refractivity contribution is 0.182. The largest absolute Gasteiger partial charge is 0.367 e. The van der Waals surface area contributed by atoms with E-state index in [1.165, 1.54) is 5.56 Å². The molecule has 0 spiro atoms. The third-order valence-electron chi connectivity index (χ3n) is 6.14. The van der Waals surface area contributed by atoms with E-state index in [0.29, 0.717) is 5.92 Å². The van der Waals surface area contributed by atoms with Crippen molar-refractivity contribution in [3.05, 3.63) is 54.4 Å². The summed E-state index contributed by atoms with van der Waals surface area (Å²) >= 11 is 0. The van der Waals surface area contributed by atoms with Crippen molar-refractivity contribution in [2.75, 3.05) is 56.5 Å². The highest BCUT2D eigenvalue weighted by Crippen LogP contribution is 2.28. The second-order valence-corrected chi connectivity index (χ2v) is 8.23. The number of amides is 2. The number of urea groups is 1. The van der Waals surface area contributed by atoms with Crippen LogP contribution >= 0.6 is 0 Å². The van der Waals surface area contributed by atoms with Crippen molar-refractivity contribution >= 4 is 17.4 Å². The summed E-state index contributed by atoms with van der Waals surface area (Å²) in [7, 11) is 2.16. The molecule has 0 saturated carbocycles. The molecule has 0 bridgehead atoms. The minimum absolute atomic E-state index is 0.0198. The van der Waals surface area contributed by atoms with E-state index in [0.717, 1.165) is 69.9 Å². The zero-order chi connectivity index (χ0) is 20.1. The van der Waals surface area contributed by atoms with Gasteiger partial charge in [-0.05, 0) is 56.0 Å². The lowest BCUT2D eigenvalue weighted by Gasteiger charge is -2.36. The monoisotopic (exact) mass is 393 g/mol. The number of hydrogen-bond acceptors (Lipinski definition) is 4. The molecule has 1 N–H and O–H groups in total. The summed E-state index contributed by atoms with van der Waals surface area (Å²) in [6.07, 6.45) is 6.91. The van der Waals surface area contributed by atoms with Crippen LogP contribution in [0.5, 0.6) is 0 Å². The van der Waals surface area contributed by atoms with E-state index in [4.69, 9.17) is 0 Å². The summed E-state index contributed by atoms with van der Waals surface area (Å²) in [5.41, 5.74) is 3.33. The molecule has 0 atom stereocenters. The van der Waals surface area contributed by atoms with Gasteiger partial charge in [0.05, 0.1) is 11.4 Å². The molecule has 0 radical (unpaired) electrons. The van der Waals surface area contributed by atoms with E-state index in [1.807, 2.05) is 41.6 Å². The number of hydrogen-bond donors (Lipinski definition) is 1. The fourth-order valence-corrected chi connectivity index (χ4v) is 4.29. The van der Waals surface area contributed by atoms with Gasteiger partial charge in [-0.15, -0.1) is 0 Å². The van der Waals surface area contributed by atoms with E-state index < -0.39 is 0 Å². The highest BCUT2D eigenvalue weighted by molar-refractivity contribution is 5.93. The maximum atomic E-state index is 12.9. The van der Waals surface area contributed by atoms with Crippen LogP contribution in [0.25, 0.3) is 0 Å². The van der Waals surface area contributed by atoms with Crippen LogP contribution < -0.4 is 10.2 Å². The Morgan fingerprint density at radius 1 is 1.03 bits per heavy atom. The average molecular weight is 394 g/mol. The van der Waals surface area contributed by atoms with Gasteiger partial charge in [0.1, 0.15) is 0 Å². The fourth-order valence-electron chi connectivity index (χ4n) is 4.29. The van der Waals surface area contributed by atoms with E-state index in [9.17, 15) is 4.79 Å². The second kappa shape index (κ2) is 9.27. The lowest BCUT2D eigenvalue weighted by atomic mass is 9.91. The molecule has 1 aromatic heterocycles. The number of aromatic nitrogens is 1. The summed E-state index contributed by atoms with van der Waals surface area (Å²) in [5.74, 6) is 0.626. The maximum absolute atomic E-state index is 12.9. The van der Waals surface area contributed by atoms with Crippen LogP contribution in [0.1, 0.15) is 18.4 Å². The number of anilines is 2. The number of benzene rings is 1. The Labute approximate surface area is 173 Å². The minimum Gasteiger partial charge on any atom is -0.367 e. The summed E-state index contributed by atoms with van der Waals surface area (Å²) < 4.78 is 0. The number of nitrogens with one attached hydrogen (secondary N) is 1. The Morgan fingerprint density at radius 3 is 2.52 bits per heavy atom. The molecule has 6 heteroatoms. The van der Waals surface area contributed by atoms with Crippen LogP contribution in [0, 0.1) is 5.92 Å². The second-order valence-electron chi connectivity index (χ2n) is 8.23. The van der Waals surface area contributed by atoms with Crippen molar-refractivity contribution in [3.8, 4) is 0 Å². The van der Waals surface area contributed by atoms with Gasteiger partial charge in [-0.3, -0.25) is 4.98 Å². The number of carbonyl (C=O) groups excluding carboxylic acids is 1. The molecule has 6 nitrogen and oxygen atoms in total. The van der Waals surface area contributed by atoms with Crippen LogP contribution in [-0.4, -0.2) is 67.1 Å². The van der Waals surface area contributed by atoms with Gasteiger partial charge < -0.3 is 20.0 Å². The maximum Gasteiger partial charge on any atom is 0.321 e. The highest BCUT2D eigenvalue weighted by Gasteiger charge is 2.24. The van der Waals surface area contributed by atoms with Crippen LogP contribution in [0.15, 0.2) is 48.8 Å². The third kappa shape index (κ3) is 5.07. The summed E-state index contributed by atoms with van der Waals surface area (Å²) in [6.45, 7) is 5.70. The average Bonchev–Trinajstić information content (AvgIpc) is 2.76. The quantitative estimate of drug-likeness (QED) is 0.866. The number of para-hydroxylation sites is 2. The lowest BCUT2D eigenvalue weighted by Crippen LogP contribution is -2.45. The molecule has 0 aliphatic carbocycles. The zero-order valence-corrected chi connectivity index (χ0v) is 17.3. The molecule has 2 fully saturated rings. The van der Waals surface area contributed by atoms with E-state index in [1.54, 1.807) is 0 Å². The van der Waals surface area contributed by atoms with Gasteiger partial charge in [-0.25, -0.2) is 4.79 Å². The molecule has 2 aromatic rings.